The molecule has 1 N–H and O–H groups in total. The lowest BCUT2D eigenvalue weighted by Gasteiger charge is -2.39. The van der Waals surface area contributed by atoms with Crippen molar-refractivity contribution in [2.24, 2.45) is 0 Å². The van der Waals surface area contributed by atoms with Crippen LogP contribution in [0.15, 0.2) is 60.7 Å². The van der Waals surface area contributed by atoms with Crippen LogP contribution < -0.4 is 5.32 Å². The number of hydrogen-bond acceptors (Lipinski definition) is 1. The fourth-order valence-electron chi connectivity index (χ4n) is 2.78. The first-order valence-corrected chi connectivity index (χ1v) is 9.10. The summed E-state index contributed by atoms with van der Waals surface area (Å²) in [7, 11) is 0. The van der Waals surface area contributed by atoms with Crippen molar-refractivity contribution in [3.63, 3.8) is 0 Å². The van der Waals surface area contributed by atoms with Crippen molar-refractivity contribution in [3.05, 3.63) is 71.8 Å². The Morgan fingerprint density at radius 1 is 0.543 bits per heavy atom. The van der Waals surface area contributed by atoms with Crippen molar-refractivity contribution in [2.75, 3.05) is 0 Å². The van der Waals surface area contributed by atoms with E-state index in [0.717, 1.165) is 0 Å². The Balaban J connectivity index is 2.51. The van der Waals surface area contributed by atoms with E-state index in [1.807, 2.05) is 0 Å². The van der Waals surface area contributed by atoms with Crippen LogP contribution in [-0.4, -0.2) is 41.7 Å². The molecule has 0 aliphatic rings. The molecule has 15 heteroatoms. The zero-order valence-corrected chi connectivity index (χ0v) is 16.7. The lowest BCUT2D eigenvalue weighted by Crippen LogP contribution is -2.72. The molecule has 0 saturated heterocycles. The normalized spacial score (nSPS) is 14.2. The summed E-state index contributed by atoms with van der Waals surface area (Å²) in [5, 5.41) is 1.23. The number of carbonyl (C=O) groups excluding carboxylic acids is 1. The van der Waals surface area contributed by atoms with E-state index in [4.69, 9.17) is 0 Å². The van der Waals surface area contributed by atoms with Crippen LogP contribution in [0.1, 0.15) is 17.2 Å². The first-order valence-electron chi connectivity index (χ1n) is 9.10. The van der Waals surface area contributed by atoms with Gasteiger partial charge in [0.15, 0.2) is 0 Å². The van der Waals surface area contributed by atoms with Crippen molar-refractivity contribution in [2.45, 2.75) is 41.8 Å². The molecule has 0 unspecified atom stereocenters. The summed E-state index contributed by atoms with van der Waals surface area (Å²) in [4.78, 5) is 12.0. The molecule has 0 heterocycles. The van der Waals surface area contributed by atoms with Crippen molar-refractivity contribution >= 4 is 5.91 Å². The van der Waals surface area contributed by atoms with Crippen LogP contribution in [0.2, 0.25) is 0 Å². The highest BCUT2D eigenvalue weighted by Crippen LogP contribution is 2.60. The molecule has 0 saturated carbocycles. The topological polar surface area (TPSA) is 29.1 Å². The predicted molar refractivity (Wildman–Crippen MR) is 93.7 cm³/mol. The van der Waals surface area contributed by atoms with Gasteiger partial charge in [-0.15, -0.1) is 0 Å². The van der Waals surface area contributed by atoms with Gasteiger partial charge in [0.25, 0.3) is 5.91 Å². The second-order valence-corrected chi connectivity index (χ2v) is 7.10. The minimum atomic E-state index is -8.08. The van der Waals surface area contributed by atoms with E-state index < -0.39 is 47.7 Å². The first-order chi connectivity index (χ1) is 15.7. The molecule has 2 rings (SSSR count). The Kier molecular flexibility index (Phi) is 7.18. The van der Waals surface area contributed by atoms with E-state index in [2.05, 4.69) is 0 Å². The zero-order chi connectivity index (χ0) is 27.1. The number of hydrogen-bond donors (Lipinski definition) is 1. The van der Waals surface area contributed by atoms with Crippen LogP contribution in [0.3, 0.4) is 0 Å². The molecule has 0 aliphatic heterocycles. The number of amides is 1. The van der Waals surface area contributed by atoms with Gasteiger partial charge in [-0.05, 0) is 11.1 Å². The maximum Gasteiger partial charge on any atom is 0.460 e. The minimum absolute atomic E-state index is 0.0909. The summed E-state index contributed by atoms with van der Waals surface area (Å²) in [5.74, 6) is -41.9. The minimum Gasteiger partial charge on any atom is -0.340 e. The molecule has 0 atom stereocenters. The van der Waals surface area contributed by atoms with Gasteiger partial charge in [-0.2, -0.15) is 57.1 Å². The molecule has 0 fully saturated rings. The Morgan fingerprint density at radius 2 is 0.886 bits per heavy atom. The molecule has 0 spiro atoms. The summed E-state index contributed by atoms with van der Waals surface area (Å²) in [6.45, 7) is 0. The molecular formula is C20H12F13NO. The molecule has 2 aromatic rings. The summed E-state index contributed by atoms with van der Waals surface area (Å²) in [6, 6.07) is 10.9. The molecule has 2 nitrogen and oxygen atoms in total. The Hall–Kier alpha value is -3.00. The smallest absolute Gasteiger partial charge is 0.340 e. The molecule has 0 aromatic heterocycles. The second-order valence-electron chi connectivity index (χ2n) is 7.10. The maximum atomic E-state index is 14.2. The van der Waals surface area contributed by atoms with E-state index in [1.54, 1.807) is 0 Å². The Labute approximate surface area is 187 Å². The zero-order valence-electron chi connectivity index (χ0n) is 16.7. The number of halogens is 13. The van der Waals surface area contributed by atoms with E-state index in [-0.39, 0.29) is 11.1 Å². The highest BCUT2D eigenvalue weighted by atomic mass is 19.4. The molecular weight excluding hydrogens is 517 g/mol. The van der Waals surface area contributed by atoms with E-state index in [0.29, 0.717) is 0 Å². The van der Waals surface area contributed by atoms with Crippen molar-refractivity contribution in [1.82, 2.24) is 5.32 Å². The van der Waals surface area contributed by atoms with Gasteiger partial charge in [-0.25, -0.2) is 0 Å². The monoisotopic (exact) mass is 529 g/mol. The van der Waals surface area contributed by atoms with Crippen LogP contribution in [0, 0.1) is 0 Å². The number of rotatable bonds is 8. The number of alkyl halides is 13. The average Bonchev–Trinajstić information content (AvgIpc) is 2.77. The number of carbonyl (C=O) groups is 1. The summed E-state index contributed by atoms with van der Waals surface area (Å²) >= 11 is 0. The van der Waals surface area contributed by atoms with Crippen LogP contribution in [0.4, 0.5) is 57.1 Å². The number of nitrogens with one attached hydrogen (secondary N) is 1. The van der Waals surface area contributed by atoms with Gasteiger partial charge >= 0.3 is 35.8 Å². The predicted octanol–water partition coefficient (Wildman–Crippen LogP) is 6.63. The lowest BCUT2D eigenvalue weighted by atomic mass is 9.92. The van der Waals surface area contributed by atoms with Gasteiger partial charge in [-0.1, -0.05) is 60.7 Å². The first kappa shape index (κ1) is 28.2. The largest absolute Gasteiger partial charge is 0.460 e. The fourth-order valence-corrected chi connectivity index (χ4v) is 2.78. The third-order valence-corrected chi connectivity index (χ3v) is 4.76. The quantitative estimate of drug-likeness (QED) is 0.383. The van der Waals surface area contributed by atoms with Crippen molar-refractivity contribution in [3.8, 4) is 0 Å². The Bertz CT molecular complexity index is 981. The molecule has 0 aliphatic carbocycles. The van der Waals surface area contributed by atoms with Crippen LogP contribution in [-0.2, 0) is 4.79 Å². The third kappa shape index (κ3) is 4.51. The van der Waals surface area contributed by atoms with Gasteiger partial charge in [0.05, 0.1) is 6.04 Å². The summed E-state index contributed by atoms with van der Waals surface area (Å²) < 4.78 is 173. The summed E-state index contributed by atoms with van der Waals surface area (Å²) in [6.07, 6.45) is -7.53. The fraction of sp³-hybridized carbons (Fsp3) is 0.350. The van der Waals surface area contributed by atoms with Gasteiger partial charge in [0, 0.05) is 0 Å². The molecule has 0 radical (unpaired) electrons. The maximum absolute atomic E-state index is 14.2. The number of benzene rings is 2. The molecule has 194 valence electrons. The van der Waals surface area contributed by atoms with Crippen LogP contribution in [0.5, 0.6) is 0 Å². The van der Waals surface area contributed by atoms with E-state index in [1.165, 1.54) is 66.0 Å². The van der Waals surface area contributed by atoms with Gasteiger partial charge in [0.1, 0.15) is 0 Å². The van der Waals surface area contributed by atoms with Gasteiger partial charge in [0.2, 0.25) is 0 Å². The van der Waals surface area contributed by atoms with E-state index >= 15 is 0 Å². The van der Waals surface area contributed by atoms with Crippen molar-refractivity contribution in [1.29, 1.82) is 0 Å². The third-order valence-electron chi connectivity index (χ3n) is 4.76. The van der Waals surface area contributed by atoms with Crippen LogP contribution in [0.25, 0.3) is 0 Å². The van der Waals surface area contributed by atoms with E-state index in [9.17, 15) is 61.9 Å². The molecule has 35 heavy (non-hydrogen) atoms. The standard InChI is InChI=1S/C20H12F13NO/c21-15(22,16(23,24)17(25,26)18(27,28)19(29,30)20(31,32)33)14(35)34-13(11-7-3-1-4-8-11)12-9-5-2-6-10-12/h1-10,13H,(H,34,35). The van der Waals surface area contributed by atoms with Gasteiger partial charge < -0.3 is 5.32 Å². The molecule has 2 aromatic carbocycles. The highest BCUT2D eigenvalue weighted by molar-refractivity contribution is 5.85. The molecule has 1 amide bonds. The molecule has 0 bridgehead atoms. The SMILES string of the molecule is O=C(NC(c1ccccc1)c1ccccc1)C(F)(F)C(F)(F)C(F)(F)C(F)(F)C(F)(F)C(F)(F)F. The van der Waals surface area contributed by atoms with Gasteiger partial charge in [-0.3, -0.25) is 4.79 Å². The lowest BCUT2D eigenvalue weighted by molar-refractivity contribution is -0.436. The summed E-state index contributed by atoms with van der Waals surface area (Å²) in [5.41, 5.74) is -0.182. The highest BCUT2D eigenvalue weighted by Gasteiger charge is 2.91. The van der Waals surface area contributed by atoms with Crippen LogP contribution >= 0.6 is 0 Å². The Morgan fingerprint density at radius 3 is 1.23 bits per heavy atom. The average molecular weight is 529 g/mol. The second kappa shape index (κ2) is 8.90. The van der Waals surface area contributed by atoms with Crippen molar-refractivity contribution < 1.29 is 61.9 Å².